The van der Waals surface area contributed by atoms with Crippen LogP contribution in [-0.2, 0) is 6.42 Å². The van der Waals surface area contributed by atoms with Gasteiger partial charge < -0.3 is 0 Å². The first-order valence-electron chi connectivity index (χ1n) is 5.28. The molecule has 17 heavy (non-hydrogen) atoms. The van der Waals surface area contributed by atoms with Crippen LogP contribution in [0.5, 0.6) is 0 Å². The summed E-state index contributed by atoms with van der Waals surface area (Å²) < 4.78 is 0.767. The summed E-state index contributed by atoms with van der Waals surface area (Å²) in [5.74, 6) is 0.912. The van der Waals surface area contributed by atoms with Gasteiger partial charge in [-0.15, -0.1) is 23.5 Å². The Morgan fingerprint density at radius 1 is 1.41 bits per heavy atom. The van der Waals surface area contributed by atoms with Crippen LogP contribution >= 0.6 is 23.5 Å². The average Bonchev–Trinajstić information content (AvgIpc) is 2.34. The summed E-state index contributed by atoms with van der Waals surface area (Å²) in [5, 5.41) is 10.3. The van der Waals surface area contributed by atoms with E-state index in [0.717, 1.165) is 29.0 Å². The number of benzene rings is 1. The van der Waals surface area contributed by atoms with Crippen molar-refractivity contribution in [1.29, 1.82) is 0 Å². The van der Waals surface area contributed by atoms with Gasteiger partial charge in [-0.2, -0.15) is 0 Å². The van der Waals surface area contributed by atoms with Gasteiger partial charge in [0.15, 0.2) is 0 Å². The first-order chi connectivity index (χ1) is 8.22. The van der Waals surface area contributed by atoms with E-state index < -0.39 is 4.92 Å². The van der Waals surface area contributed by atoms with Gasteiger partial charge in [0.05, 0.1) is 4.92 Å². The lowest BCUT2D eigenvalue weighted by Crippen LogP contribution is -1.89. The molecule has 5 heteroatoms. The summed E-state index contributed by atoms with van der Waals surface area (Å²) in [7, 11) is 0. The third-order valence-electron chi connectivity index (χ3n) is 2.11. The van der Waals surface area contributed by atoms with Crippen LogP contribution in [-0.4, -0.2) is 16.9 Å². The van der Waals surface area contributed by atoms with E-state index in [-0.39, 0.29) is 0 Å². The Kier molecular flexibility index (Phi) is 6.81. The fourth-order valence-electron chi connectivity index (χ4n) is 1.33. The number of aryl methyl sites for hydroxylation is 1. The summed E-state index contributed by atoms with van der Waals surface area (Å²) in [4.78, 5) is 9.93. The molecule has 0 aliphatic rings. The van der Waals surface area contributed by atoms with E-state index in [0.29, 0.717) is 0 Å². The van der Waals surface area contributed by atoms with Gasteiger partial charge in [-0.05, 0) is 30.4 Å². The first kappa shape index (κ1) is 14.1. The average molecular weight is 269 g/mol. The molecule has 0 saturated heterocycles. The Morgan fingerprint density at radius 2 is 2.12 bits per heavy atom. The van der Waals surface area contributed by atoms with E-state index in [1.807, 2.05) is 24.5 Å². The Hall–Kier alpha value is -0.940. The number of hydrogen-bond donors (Lipinski definition) is 0. The third kappa shape index (κ3) is 6.38. The molecule has 0 aromatic heterocycles. The lowest BCUT2D eigenvalue weighted by Gasteiger charge is -2.02. The van der Waals surface area contributed by atoms with Gasteiger partial charge in [0.25, 0.3) is 6.20 Å². The molecule has 3 nitrogen and oxygen atoms in total. The number of rotatable bonds is 7. The topological polar surface area (TPSA) is 43.1 Å². The van der Waals surface area contributed by atoms with E-state index in [2.05, 4.69) is 12.1 Å². The van der Waals surface area contributed by atoms with Crippen molar-refractivity contribution in [2.75, 3.05) is 12.0 Å². The highest BCUT2D eigenvalue weighted by Gasteiger charge is 2.02. The van der Waals surface area contributed by atoms with Gasteiger partial charge in [0, 0.05) is 0 Å². The maximum atomic E-state index is 10.3. The molecular weight excluding hydrogens is 254 g/mol. The van der Waals surface area contributed by atoms with Crippen molar-refractivity contribution in [3.05, 3.63) is 56.4 Å². The summed E-state index contributed by atoms with van der Waals surface area (Å²) in [6, 6.07) is 10.3. The maximum absolute atomic E-state index is 10.3. The largest absolute Gasteiger partial charge is 0.259 e. The molecule has 0 N–H and O–H groups in total. The lowest BCUT2D eigenvalue weighted by atomic mass is 10.1. The van der Waals surface area contributed by atoms with Crippen molar-refractivity contribution in [3.63, 3.8) is 0 Å². The van der Waals surface area contributed by atoms with Gasteiger partial charge in [0.2, 0.25) is 0 Å². The predicted molar refractivity (Wildman–Crippen MR) is 75.8 cm³/mol. The van der Waals surface area contributed by atoms with Crippen LogP contribution < -0.4 is 0 Å². The van der Waals surface area contributed by atoms with Gasteiger partial charge in [0.1, 0.15) is 4.24 Å². The molecule has 0 unspecified atom stereocenters. The molecule has 0 aliphatic carbocycles. The molecule has 1 aromatic carbocycles. The van der Waals surface area contributed by atoms with Crippen molar-refractivity contribution in [2.24, 2.45) is 0 Å². The zero-order chi connectivity index (χ0) is 12.5. The smallest absolute Gasteiger partial charge is 0.254 e. The molecule has 0 saturated carbocycles. The molecule has 0 radical (unpaired) electrons. The van der Waals surface area contributed by atoms with Gasteiger partial charge in [-0.25, -0.2) is 0 Å². The van der Waals surface area contributed by atoms with Gasteiger partial charge in [-0.1, -0.05) is 30.3 Å². The van der Waals surface area contributed by atoms with Gasteiger partial charge in [-0.3, -0.25) is 10.1 Å². The third-order valence-corrected chi connectivity index (χ3v) is 4.35. The second-order valence-electron chi connectivity index (χ2n) is 3.38. The van der Waals surface area contributed by atoms with Crippen LogP contribution in [0, 0.1) is 10.1 Å². The highest BCUT2D eigenvalue weighted by molar-refractivity contribution is 8.21. The fraction of sp³-hybridized carbons (Fsp3) is 0.333. The zero-order valence-corrected chi connectivity index (χ0v) is 11.3. The summed E-state index contributed by atoms with van der Waals surface area (Å²) in [5.41, 5.74) is 1.32. The summed E-state index contributed by atoms with van der Waals surface area (Å²) in [6.45, 7) is 0. The Morgan fingerprint density at radius 3 is 2.71 bits per heavy atom. The molecule has 1 aromatic rings. The van der Waals surface area contributed by atoms with E-state index in [9.17, 15) is 10.1 Å². The minimum Gasteiger partial charge on any atom is -0.259 e. The lowest BCUT2D eigenvalue weighted by molar-refractivity contribution is -0.402. The van der Waals surface area contributed by atoms with E-state index in [4.69, 9.17) is 0 Å². The molecule has 0 bridgehead atoms. The van der Waals surface area contributed by atoms with Crippen LogP contribution in [0.3, 0.4) is 0 Å². The molecule has 92 valence electrons. The van der Waals surface area contributed by atoms with E-state index in [1.165, 1.54) is 17.3 Å². The molecule has 0 aliphatic heterocycles. The molecule has 0 heterocycles. The fourth-order valence-corrected chi connectivity index (χ4v) is 2.89. The van der Waals surface area contributed by atoms with Crippen LogP contribution in [0.2, 0.25) is 0 Å². The van der Waals surface area contributed by atoms with Crippen LogP contribution in [0.4, 0.5) is 0 Å². The molecule has 0 atom stereocenters. The van der Waals surface area contributed by atoms with Crippen LogP contribution in [0.1, 0.15) is 12.0 Å². The highest BCUT2D eigenvalue weighted by Crippen LogP contribution is 2.26. The standard InChI is InChI=1S/C12H15NO2S2/c1-16-12(10-13(14)15)17-9-5-8-11-6-3-2-4-7-11/h2-4,6-7,10H,5,8-9H2,1H3/b12-10+. The number of nitrogens with zero attached hydrogens (tertiary/aromatic N) is 1. The molecule has 0 fully saturated rings. The Balaban J connectivity index is 2.26. The molecular formula is C12H15NO2S2. The number of nitro groups is 1. The normalized spacial score (nSPS) is 11.5. The quantitative estimate of drug-likeness (QED) is 0.429. The van der Waals surface area contributed by atoms with Crippen molar-refractivity contribution < 1.29 is 4.92 Å². The Bertz CT molecular complexity index is 379. The van der Waals surface area contributed by atoms with E-state index >= 15 is 0 Å². The van der Waals surface area contributed by atoms with Gasteiger partial charge >= 0.3 is 0 Å². The predicted octanol–water partition coefficient (Wildman–Crippen LogP) is 3.79. The van der Waals surface area contributed by atoms with Crippen molar-refractivity contribution in [3.8, 4) is 0 Å². The summed E-state index contributed by atoms with van der Waals surface area (Å²) >= 11 is 2.98. The van der Waals surface area contributed by atoms with E-state index in [1.54, 1.807) is 11.8 Å². The molecule has 1 rings (SSSR count). The number of hydrogen-bond acceptors (Lipinski definition) is 4. The monoisotopic (exact) mass is 269 g/mol. The second kappa shape index (κ2) is 8.20. The van der Waals surface area contributed by atoms with Crippen molar-refractivity contribution >= 4 is 23.5 Å². The first-order valence-corrected chi connectivity index (χ1v) is 7.49. The Labute approximate surface area is 110 Å². The van der Waals surface area contributed by atoms with Crippen molar-refractivity contribution in [2.45, 2.75) is 12.8 Å². The molecule has 0 spiro atoms. The molecule has 0 amide bonds. The van der Waals surface area contributed by atoms with Crippen LogP contribution in [0.25, 0.3) is 0 Å². The minimum atomic E-state index is -0.393. The highest BCUT2D eigenvalue weighted by atomic mass is 32.2. The maximum Gasteiger partial charge on any atom is 0.254 e. The zero-order valence-electron chi connectivity index (χ0n) is 9.67. The minimum absolute atomic E-state index is 0.393. The summed E-state index contributed by atoms with van der Waals surface area (Å²) in [6.07, 6.45) is 5.00. The SMILES string of the molecule is CS/C(=C\[N+](=O)[O-])SCCCc1ccccc1. The van der Waals surface area contributed by atoms with Crippen LogP contribution in [0.15, 0.2) is 40.8 Å². The number of thioether (sulfide) groups is 2. The van der Waals surface area contributed by atoms with Crippen molar-refractivity contribution in [1.82, 2.24) is 0 Å². The second-order valence-corrected chi connectivity index (χ2v) is 5.62.